The Morgan fingerprint density at radius 3 is 2.67 bits per heavy atom. The number of likely N-dealkylation sites (N-methyl/N-ethyl adjacent to an activating group) is 1. The summed E-state index contributed by atoms with van der Waals surface area (Å²) in [7, 11) is 2.14. The summed E-state index contributed by atoms with van der Waals surface area (Å²) in [5.41, 5.74) is -0.382. The summed E-state index contributed by atoms with van der Waals surface area (Å²) in [6.45, 7) is 3.11. The molecule has 0 aromatic heterocycles. The van der Waals surface area contributed by atoms with Crippen LogP contribution in [0.25, 0.3) is 0 Å². The van der Waals surface area contributed by atoms with Crippen molar-refractivity contribution in [3.8, 4) is 0 Å². The fraction of sp³-hybridized carbons (Fsp3) is 1.00. The molecule has 15 heavy (non-hydrogen) atoms. The molecule has 3 nitrogen and oxygen atoms in total. The maximum atomic E-state index is 10.3. The number of nitrogens with zero attached hydrogens (tertiary/aromatic N) is 1. The molecule has 0 aromatic carbocycles. The lowest BCUT2D eigenvalue weighted by molar-refractivity contribution is 0.0148. The Labute approximate surface area is 92.8 Å². The lowest BCUT2D eigenvalue weighted by Gasteiger charge is -2.30. The standard InChI is InChI=1S/C12H24N2O/c1-14(9-11-5-4-8-13-11)10-12(15)6-2-3-7-12/h11,13,15H,2-10H2,1H3. The molecule has 1 aliphatic heterocycles. The molecule has 1 heterocycles. The van der Waals surface area contributed by atoms with Crippen molar-refractivity contribution in [1.29, 1.82) is 0 Å². The van der Waals surface area contributed by atoms with Crippen LogP contribution >= 0.6 is 0 Å². The van der Waals surface area contributed by atoms with Crippen molar-refractivity contribution in [1.82, 2.24) is 10.2 Å². The zero-order valence-corrected chi connectivity index (χ0v) is 9.84. The van der Waals surface area contributed by atoms with Crippen molar-refractivity contribution in [2.24, 2.45) is 0 Å². The first kappa shape index (κ1) is 11.4. The van der Waals surface area contributed by atoms with Crippen LogP contribution < -0.4 is 5.32 Å². The number of aliphatic hydroxyl groups is 1. The summed E-state index contributed by atoms with van der Waals surface area (Å²) in [4.78, 5) is 2.30. The molecule has 3 heteroatoms. The van der Waals surface area contributed by atoms with Gasteiger partial charge in [0.15, 0.2) is 0 Å². The lowest BCUT2D eigenvalue weighted by atomic mass is 10.0. The van der Waals surface area contributed by atoms with E-state index in [0.717, 1.165) is 25.9 Å². The van der Waals surface area contributed by atoms with Crippen LogP contribution in [0.15, 0.2) is 0 Å². The molecule has 1 saturated heterocycles. The van der Waals surface area contributed by atoms with Gasteiger partial charge in [-0.05, 0) is 39.3 Å². The van der Waals surface area contributed by atoms with Crippen LogP contribution in [0.2, 0.25) is 0 Å². The van der Waals surface area contributed by atoms with Gasteiger partial charge in [-0.3, -0.25) is 0 Å². The molecule has 0 bridgehead atoms. The van der Waals surface area contributed by atoms with Crippen LogP contribution in [0.1, 0.15) is 38.5 Å². The Hall–Kier alpha value is -0.120. The Balaban J connectivity index is 1.73. The summed E-state index contributed by atoms with van der Waals surface area (Å²) in [5, 5.41) is 13.8. The van der Waals surface area contributed by atoms with E-state index in [1.807, 2.05) is 0 Å². The summed E-state index contributed by atoms with van der Waals surface area (Å²) < 4.78 is 0. The largest absolute Gasteiger partial charge is 0.389 e. The van der Waals surface area contributed by atoms with Crippen LogP contribution in [-0.4, -0.2) is 48.3 Å². The third-order valence-electron chi connectivity index (χ3n) is 3.79. The summed E-state index contributed by atoms with van der Waals surface area (Å²) in [6.07, 6.45) is 6.99. The minimum absolute atomic E-state index is 0.382. The smallest absolute Gasteiger partial charge is 0.0774 e. The molecule has 1 aliphatic carbocycles. The van der Waals surface area contributed by atoms with E-state index in [9.17, 15) is 5.11 Å². The first-order chi connectivity index (χ1) is 7.18. The van der Waals surface area contributed by atoms with E-state index in [4.69, 9.17) is 0 Å². The molecule has 0 spiro atoms. The number of rotatable bonds is 4. The summed E-state index contributed by atoms with van der Waals surface area (Å²) in [6, 6.07) is 0.653. The fourth-order valence-corrected chi connectivity index (χ4v) is 3.05. The van der Waals surface area contributed by atoms with Crippen LogP contribution in [0.5, 0.6) is 0 Å². The van der Waals surface area contributed by atoms with Crippen LogP contribution in [0.3, 0.4) is 0 Å². The molecule has 0 amide bonds. The van der Waals surface area contributed by atoms with E-state index in [1.165, 1.54) is 32.2 Å². The molecular formula is C12H24N2O. The normalized spacial score (nSPS) is 30.2. The number of hydrogen-bond donors (Lipinski definition) is 2. The average molecular weight is 212 g/mol. The van der Waals surface area contributed by atoms with Crippen molar-refractivity contribution < 1.29 is 5.11 Å². The van der Waals surface area contributed by atoms with Crippen molar-refractivity contribution in [2.45, 2.75) is 50.2 Å². The van der Waals surface area contributed by atoms with Crippen LogP contribution in [-0.2, 0) is 0 Å². The zero-order chi connectivity index (χ0) is 10.7. The zero-order valence-electron chi connectivity index (χ0n) is 9.84. The highest BCUT2D eigenvalue weighted by Gasteiger charge is 2.32. The summed E-state index contributed by atoms with van der Waals surface area (Å²) in [5.74, 6) is 0. The van der Waals surface area contributed by atoms with Gasteiger partial charge in [0.1, 0.15) is 0 Å². The van der Waals surface area contributed by atoms with E-state index >= 15 is 0 Å². The van der Waals surface area contributed by atoms with Gasteiger partial charge in [-0.2, -0.15) is 0 Å². The topological polar surface area (TPSA) is 35.5 Å². The SMILES string of the molecule is CN(CC1CCCN1)CC1(O)CCCC1. The monoisotopic (exact) mass is 212 g/mol. The second-order valence-corrected chi connectivity index (χ2v) is 5.42. The molecule has 1 saturated carbocycles. The molecule has 2 fully saturated rings. The minimum Gasteiger partial charge on any atom is -0.389 e. The van der Waals surface area contributed by atoms with Gasteiger partial charge in [0.25, 0.3) is 0 Å². The highest BCUT2D eigenvalue weighted by atomic mass is 16.3. The molecule has 1 unspecified atom stereocenters. The van der Waals surface area contributed by atoms with E-state index in [1.54, 1.807) is 0 Å². The van der Waals surface area contributed by atoms with Gasteiger partial charge in [0.2, 0.25) is 0 Å². The summed E-state index contributed by atoms with van der Waals surface area (Å²) >= 11 is 0. The van der Waals surface area contributed by atoms with Gasteiger partial charge in [-0.1, -0.05) is 12.8 Å². The Bertz CT molecular complexity index is 196. The highest BCUT2D eigenvalue weighted by Crippen LogP contribution is 2.29. The molecule has 2 rings (SSSR count). The van der Waals surface area contributed by atoms with Crippen LogP contribution in [0, 0.1) is 0 Å². The number of hydrogen-bond acceptors (Lipinski definition) is 3. The predicted molar refractivity (Wildman–Crippen MR) is 61.9 cm³/mol. The van der Waals surface area contributed by atoms with Crippen LogP contribution in [0.4, 0.5) is 0 Å². The van der Waals surface area contributed by atoms with E-state index < -0.39 is 0 Å². The lowest BCUT2D eigenvalue weighted by Crippen LogP contribution is -2.43. The van der Waals surface area contributed by atoms with Crippen molar-refractivity contribution in [2.75, 3.05) is 26.7 Å². The fourth-order valence-electron chi connectivity index (χ4n) is 3.05. The van der Waals surface area contributed by atoms with Gasteiger partial charge in [-0.15, -0.1) is 0 Å². The molecule has 0 radical (unpaired) electrons. The third kappa shape index (κ3) is 3.16. The maximum absolute atomic E-state index is 10.3. The Kier molecular flexibility index (Phi) is 3.65. The Morgan fingerprint density at radius 1 is 1.33 bits per heavy atom. The Morgan fingerprint density at radius 2 is 2.07 bits per heavy atom. The van der Waals surface area contributed by atoms with Gasteiger partial charge in [0, 0.05) is 19.1 Å². The highest BCUT2D eigenvalue weighted by molar-refractivity contribution is 4.88. The molecule has 2 aliphatic rings. The van der Waals surface area contributed by atoms with Crippen molar-refractivity contribution in [3.05, 3.63) is 0 Å². The van der Waals surface area contributed by atoms with Gasteiger partial charge in [-0.25, -0.2) is 0 Å². The molecular weight excluding hydrogens is 188 g/mol. The first-order valence-electron chi connectivity index (χ1n) is 6.32. The minimum atomic E-state index is -0.382. The third-order valence-corrected chi connectivity index (χ3v) is 3.79. The van der Waals surface area contributed by atoms with Gasteiger partial charge >= 0.3 is 0 Å². The van der Waals surface area contributed by atoms with Crippen molar-refractivity contribution >= 4 is 0 Å². The quantitative estimate of drug-likeness (QED) is 0.729. The van der Waals surface area contributed by atoms with Gasteiger partial charge in [0.05, 0.1) is 5.60 Å². The average Bonchev–Trinajstić information content (AvgIpc) is 2.76. The predicted octanol–water partition coefficient (Wildman–Crippen LogP) is 0.975. The number of nitrogens with one attached hydrogen (secondary N) is 1. The van der Waals surface area contributed by atoms with E-state index in [2.05, 4.69) is 17.3 Å². The second-order valence-electron chi connectivity index (χ2n) is 5.42. The molecule has 1 atom stereocenters. The van der Waals surface area contributed by atoms with E-state index in [-0.39, 0.29) is 5.60 Å². The van der Waals surface area contributed by atoms with Gasteiger partial charge < -0.3 is 15.3 Å². The molecule has 88 valence electrons. The molecule has 2 N–H and O–H groups in total. The molecule has 0 aromatic rings. The second kappa shape index (κ2) is 4.81. The maximum Gasteiger partial charge on any atom is 0.0774 e. The van der Waals surface area contributed by atoms with E-state index in [0.29, 0.717) is 6.04 Å². The van der Waals surface area contributed by atoms with Crippen molar-refractivity contribution in [3.63, 3.8) is 0 Å². The first-order valence-corrected chi connectivity index (χ1v) is 6.32.